The first kappa shape index (κ1) is 15.8. The molecule has 0 atom stereocenters. The quantitative estimate of drug-likeness (QED) is 0.528. The third-order valence-corrected chi connectivity index (χ3v) is 2.76. The lowest BCUT2D eigenvalue weighted by molar-refractivity contribution is -0.154. The molecule has 4 heteroatoms. The van der Waals surface area contributed by atoms with Gasteiger partial charge in [-0.15, -0.1) is 0 Å². The Bertz CT molecular complexity index is 190. The molecule has 96 valence electrons. The summed E-state index contributed by atoms with van der Waals surface area (Å²) in [6, 6.07) is 0. The second kappa shape index (κ2) is 8.88. The van der Waals surface area contributed by atoms with Gasteiger partial charge in [0.2, 0.25) is 0 Å². The van der Waals surface area contributed by atoms with E-state index in [0.717, 1.165) is 13.0 Å². The fourth-order valence-corrected chi connectivity index (χ4v) is 1.79. The van der Waals surface area contributed by atoms with Crippen LogP contribution in [0.1, 0.15) is 40.5 Å². The summed E-state index contributed by atoms with van der Waals surface area (Å²) in [4.78, 5) is 11.3. The highest BCUT2D eigenvalue weighted by Crippen LogP contribution is 2.07. The van der Waals surface area contributed by atoms with Crippen molar-refractivity contribution in [2.75, 3.05) is 24.6 Å². The lowest BCUT2D eigenvalue weighted by atomic mass is 10.2. The molecule has 0 spiro atoms. The van der Waals surface area contributed by atoms with E-state index >= 15 is 0 Å². The average molecular weight is 247 g/mol. The molecule has 0 saturated carbocycles. The molecule has 0 aliphatic rings. The maximum Gasteiger partial charge on any atom is 0.307 e. The molecular formula is C12H25NO2S. The Labute approximate surface area is 104 Å². The highest BCUT2D eigenvalue weighted by Gasteiger charge is 2.15. The van der Waals surface area contributed by atoms with Gasteiger partial charge in [-0.25, -0.2) is 0 Å². The molecule has 0 aliphatic heterocycles. The van der Waals surface area contributed by atoms with Crippen LogP contribution in [-0.2, 0) is 9.53 Å². The highest BCUT2D eigenvalue weighted by molar-refractivity contribution is 7.99. The molecule has 0 rings (SSSR count). The summed E-state index contributed by atoms with van der Waals surface area (Å²) in [5.41, 5.74) is -0.366. The number of thioether (sulfide) groups is 1. The van der Waals surface area contributed by atoms with Crippen molar-refractivity contribution in [3.63, 3.8) is 0 Å². The summed E-state index contributed by atoms with van der Waals surface area (Å²) in [6.07, 6.45) is 1.62. The number of hydrogen-bond acceptors (Lipinski definition) is 4. The standard InChI is InChI=1S/C12H25NO2S/c1-5-16-10-6-8-13-9-7-11(14)15-12(2,3)4/h13H,5-10H2,1-4H3. The summed E-state index contributed by atoms with van der Waals surface area (Å²) in [6.45, 7) is 9.53. The molecule has 0 aromatic heterocycles. The molecular weight excluding hydrogens is 222 g/mol. The Morgan fingerprint density at radius 3 is 2.56 bits per heavy atom. The first-order valence-corrected chi connectivity index (χ1v) is 7.11. The summed E-state index contributed by atoms with van der Waals surface area (Å²) < 4.78 is 5.20. The van der Waals surface area contributed by atoms with Gasteiger partial charge in [-0.2, -0.15) is 11.8 Å². The molecule has 0 saturated heterocycles. The maximum absolute atomic E-state index is 11.3. The van der Waals surface area contributed by atoms with Gasteiger partial charge in [-0.1, -0.05) is 6.92 Å². The van der Waals surface area contributed by atoms with Crippen molar-refractivity contribution in [3.05, 3.63) is 0 Å². The monoisotopic (exact) mass is 247 g/mol. The van der Waals surface area contributed by atoms with Crippen molar-refractivity contribution in [1.82, 2.24) is 5.32 Å². The topological polar surface area (TPSA) is 38.3 Å². The lowest BCUT2D eigenvalue weighted by Gasteiger charge is -2.19. The fraction of sp³-hybridized carbons (Fsp3) is 0.917. The van der Waals surface area contributed by atoms with Crippen LogP contribution in [0.25, 0.3) is 0 Å². The zero-order valence-electron chi connectivity index (χ0n) is 11.0. The van der Waals surface area contributed by atoms with E-state index < -0.39 is 0 Å². The van der Waals surface area contributed by atoms with Gasteiger partial charge in [-0.3, -0.25) is 4.79 Å². The first-order chi connectivity index (χ1) is 7.45. The number of carbonyl (C=O) groups is 1. The summed E-state index contributed by atoms with van der Waals surface area (Å²) in [5.74, 6) is 2.25. The molecule has 0 amide bonds. The zero-order chi connectivity index (χ0) is 12.4. The summed E-state index contributed by atoms with van der Waals surface area (Å²) >= 11 is 1.95. The van der Waals surface area contributed by atoms with Crippen LogP contribution in [0.2, 0.25) is 0 Å². The van der Waals surface area contributed by atoms with Crippen molar-refractivity contribution in [2.24, 2.45) is 0 Å². The molecule has 3 nitrogen and oxygen atoms in total. The minimum Gasteiger partial charge on any atom is -0.460 e. The van der Waals surface area contributed by atoms with E-state index in [1.165, 1.54) is 11.5 Å². The number of hydrogen-bond donors (Lipinski definition) is 1. The Morgan fingerprint density at radius 2 is 2.00 bits per heavy atom. The fourth-order valence-electron chi connectivity index (χ4n) is 1.15. The van der Waals surface area contributed by atoms with Gasteiger partial charge in [0.15, 0.2) is 0 Å². The number of rotatable bonds is 8. The predicted octanol–water partition coefficient (Wildman–Crippen LogP) is 2.45. The minimum atomic E-state index is -0.366. The van der Waals surface area contributed by atoms with Crippen LogP contribution >= 0.6 is 11.8 Å². The normalized spacial score (nSPS) is 11.5. The smallest absolute Gasteiger partial charge is 0.307 e. The first-order valence-electron chi connectivity index (χ1n) is 5.96. The van der Waals surface area contributed by atoms with Gasteiger partial charge in [0.25, 0.3) is 0 Å². The molecule has 0 heterocycles. The minimum absolute atomic E-state index is 0.122. The molecule has 0 bridgehead atoms. The maximum atomic E-state index is 11.3. The molecule has 0 aliphatic carbocycles. The number of nitrogens with one attached hydrogen (secondary N) is 1. The SMILES string of the molecule is CCSCCCNCCC(=O)OC(C)(C)C. The second-order valence-corrected chi connectivity index (χ2v) is 6.03. The predicted molar refractivity (Wildman–Crippen MR) is 70.9 cm³/mol. The summed E-state index contributed by atoms with van der Waals surface area (Å²) in [7, 11) is 0. The van der Waals surface area contributed by atoms with Crippen molar-refractivity contribution in [3.8, 4) is 0 Å². The van der Waals surface area contributed by atoms with Crippen LogP contribution < -0.4 is 5.32 Å². The van der Waals surface area contributed by atoms with Crippen LogP contribution in [0.15, 0.2) is 0 Å². The van der Waals surface area contributed by atoms with Gasteiger partial charge in [0.1, 0.15) is 5.60 Å². The van der Waals surface area contributed by atoms with E-state index in [9.17, 15) is 4.79 Å². The van der Waals surface area contributed by atoms with E-state index in [0.29, 0.717) is 13.0 Å². The van der Waals surface area contributed by atoms with Crippen LogP contribution in [-0.4, -0.2) is 36.2 Å². The van der Waals surface area contributed by atoms with Crippen LogP contribution in [0.4, 0.5) is 0 Å². The van der Waals surface area contributed by atoms with Crippen molar-refractivity contribution in [1.29, 1.82) is 0 Å². The molecule has 0 fully saturated rings. The van der Waals surface area contributed by atoms with E-state index in [2.05, 4.69) is 12.2 Å². The number of ether oxygens (including phenoxy) is 1. The summed E-state index contributed by atoms with van der Waals surface area (Å²) in [5, 5.41) is 3.25. The molecule has 16 heavy (non-hydrogen) atoms. The Balaban J connectivity index is 3.28. The van der Waals surface area contributed by atoms with Crippen LogP contribution in [0, 0.1) is 0 Å². The van der Waals surface area contributed by atoms with Gasteiger partial charge >= 0.3 is 5.97 Å². The third kappa shape index (κ3) is 11.9. The largest absolute Gasteiger partial charge is 0.460 e. The number of esters is 1. The van der Waals surface area contributed by atoms with Crippen molar-refractivity contribution in [2.45, 2.75) is 46.1 Å². The molecule has 0 unspecified atom stereocenters. The molecule has 1 N–H and O–H groups in total. The van der Waals surface area contributed by atoms with E-state index in [-0.39, 0.29) is 11.6 Å². The number of carbonyl (C=O) groups excluding carboxylic acids is 1. The Morgan fingerprint density at radius 1 is 1.31 bits per heavy atom. The Kier molecular flexibility index (Phi) is 8.76. The van der Waals surface area contributed by atoms with E-state index in [1.807, 2.05) is 32.5 Å². The van der Waals surface area contributed by atoms with Crippen molar-refractivity contribution >= 4 is 17.7 Å². The van der Waals surface area contributed by atoms with Gasteiger partial charge < -0.3 is 10.1 Å². The van der Waals surface area contributed by atoms with E-state index in [1.54, 1.807) is 0 Å². The lowest BCUT2D eigenvalue weighted by Crippen LogP contribution is -2.27. The highest BCUT2D eigenvalue weighted by atomic mass is 32.2. The average Bonchev–Trinajstić information content (AvgIpc) is 2.13. The van der Waals surface area contributed by atoms with Gasteiger partial charge in [0, 0.05) is 6.54 Å². The van der Waals surface area contributed by atoms with Gasteiger partial charge in [0.05, 0.1) is 6.42 Å². The van der Waals surface area contributed by atoms with Crippen LogP contribution in [0.3, 0.4) is 0 Å². The molecule has 0 aromatic carbocycles. The van der Waals surface area contributed by atoms with Gasteiger partial charge in [-0.05, 0) is 45.2 Å². The van der Waals surface area contributed by atoms with Crippen LogP contribution in [0.5, 0.6) is 0 Å². The Hall–Kier alpha value is -0.220. The van der Waals surface area contributed by atoms with E-state index in [4.69, 9.17) is 4.74 Å². The third-order valence-electron chi connectivity index (χ3n) is 1.77. The molecule has 0 radical (unpaired) electrons. The second-order valence-electron chi connectivity index (χ2n) is 4.64. The molecule has 0 aromatic rings. The van der Waals surface area contributed by atoms with Crippen molar-refractivity contribution < 1.29 is 9.53 Å². The zero-order valence-corrected chi connectivity index (χ0v) is 11.8.